The molecule has 2 fully saturated rings. The fourth-order valence-corrected chi connectivity index (χ4v) is 4.61. The van der Waals surface area contributed by atoms with Crippen LogP contribution in [0.3, 0.4) is 0 Å². The number of thioether (sulfide) groups is 1. The van der Waals surface area contributed by atoms with Crippen LogP contribution in [0, 0.1) is 5.82 Å². The maximum atomic E-state index is 13.0. The molecule has 1 aromatic rings. The van der Waals surface area contributed by atoms with Gasteiger partial charge in [-0.25, -0.2) is 4.39 Å². The topological polar surface area (TPSA) is 43.8 Å². The summed E-state index contributed by atoms with van der Waals surface area (Å²) in [7, 11) is 1.81. The van der Waals surface area contributed by atoms with Gasteiger partial charge in [-0.1, -0.05) is 0 Å². The Morgan fingerprint density at radius 2 is 2.00 bits per heavy atom. The molecule has 1 atom stereocenters. The summed E-state index contributed by atoms with van der Waals surface area (Å²) < 4.78 is 13.0. The quantitative estimate of drug-likeness (QED) is 0.917. The average molecular weight is 338 g/mol. The van der Waals surface area contributed by atoms with E-state index in [1.54, 1.807) is 28.8 Å². The van der Waals surface area contributed by atoms with Crippen LogP contribution in [0.4, 0.5) is 10.1 Å². The molecule has 1 unspecified atom stereocenters. The van der Waals surface area contributed by atoms with Gasteiger partial charge in [0.2, 0.25) is 0 Å². The van der Waals surface area contributed by atoms with E-state index in [9.17, 15) is 14.3 Å². The van der Waals surface area contributed by atoms with Gasteiger partial charge in [0, 0.05) is 37.6 Å². The van der Waals surface area contributed by atoms with E-state index in [-0.39, 0.29) is 17.8 Å². The number of hydrogen-bond donors (Lipinski definition) is 1. The second kappa shape index (κ2) is 6.69. The maximum absolute atomic E-state index is 13.0. The third kappa shape index (κ3) is 3.48. The first-order valence-electron chi connectivity index (χ1n) is 8.07. The number of hydrogen-bond acceptors (Lipinski definition) is 4. The molecule has 0 aliphatic carbocycles. The maximum Gasteiger partial charge on any atom is 0.255 e. The van der Waals surface area contributed by atoms with E-state index in [1.165, 1.54) is 12.1 Å². The van der Waals surface area contributed by atoms with E-state index in [2.05, 4.69) is 4.90 Å². The highest BCUT2D eigenvalue weighted by atomic mass is 32.2. The number of carbonyl (C=O) groups is 1. The van der Waals surface area contributed by atoms with Gasteiger partial charge in [0.25, 0.3) is 5.91 Å². The highest BCUT2D eigenvalue weighted by Crippen LogP contribution is 2.31. The minimum atomic E-state index is -1.17. The molecule has 4 nitrogen and oxygen atoms in total. The zero-order valence-electron chi connectivity index (χ0n) is 13.4. The Kier molecular flexibility index (Phi) is 4.82. The van der Waals surface area contributed by atoms with Crippen LogP contribution in [-0.2, 0) is 4.79 Å². The lowest BCUT2D eigenvalue weighted by Crippen LogP contribution is -2.53. The van der Waals surface area contributed by atoms with Crippen LogP contribution in [0.1, 0.15) is 19.3 Å². The van der Waals surface area contributed by atoms with Crippen molar-refractivity contribution in [3.63, 3.8) is 0 Å². The Balaban J connectivity index is 1.58. The predicted octanol–water partition coefficient (Wildman–Crippen LogP) is 2.12. The summed E-state index contributed by atoms with van der Waals surface area (Å²) in [5, 5.41) is 10.5. The van der Waals surface area contributed by atoms with Gasteiger partial charge in [-0.05, 0) is 49.3 Å². The Hall–Kier alpha value is -1.27. The number of halogens is 1. The van der Waals surface area contributed by atoms with Crippen LogP contribution < -0.4 is 4.90 Å². The first-order chi connectivity index (χ1) is 11.0. The molecule has 2 aliphatic heterocycles. The van der Waals surface area contributed by atoms with E-state index in [1.807, 2.05) is 7.05 Å². The standard InChI is InChI=1S/C17H23FN2O2S/c1-19(16(21)17(22)8-11-23-12-17)14-6-9-20(10-7-14)15-4-2-13(18)3-5-15/h2-5,14,22H,6-12H2,1H3. The van der Waals surface area contributed by atoms with Crippen LogP contribution in [0.2, 0.25) is 0 Å². The number of carbonyl (C=O) groups excluding carboxylic acids is 1. The molecule has 2 aliphatic rings. The molecule has 1 aromatic carbocycles. The van der Waals surface area contributed by atoms with Crippen molar-refractivity contribution in [2.75, 3.05) is 36.5 Å². The fourth-order valence-electron chi connectivity index (χ4n) is 3.38. The van der Waals surface area contributed by atoms with Crippen molar-refractivity contribution in [2.24, 2.45) is 0 Å². The van der Waals surface area contributed by atoms with Gasteiger partial charge < -0.3 is 14.9 Å². The first-order valence-corrected chi connectivity index (χ1v) is 9.23. The Morgan fingerprint density at radius 3 is 2.57 bits per heavy atom. The molecule has 1 amide bonds. The second-order valence-electron chi connectivity index (χ2n) is 6.44. The van der Waals surface area contributed by atoms with Gasteiger partial charge in [0.15, 0.2) is 5.60 Å². The summed E-state index contributed by atoms with van der Waals surface area (Å²) in [6.07, 6.45) is 2.28. The van der Waals surface area contributed by atoms with Crippen LogP contribution in [0.15, 0.2) is 24.3 Å². The third-order valence-electron chi connectivity index (χ3n) is 4.92. The van der Waals surface area contributed by atoms with Gasteiger partial charge in [-0.2, -0.15) is 11.8 Å². The molecule has 0 aromatic heterocycles. The van der Waals surface area contributed by atoms with Gasteiger partial charge in [0.05, 0.1) is 0 Å². The summed E-state index contributed by atoms with van der Waals surface area (Å²) in [6, 6.07) is 6.70. The Morgan fingerprint density at radius 1 is 1.35 bits per heavy atom. The van der Waals surface area contributed by atoms with E-state index < -0.39 is 5.60 Å². The van der Waals surface area contributed by atoms with Gasteiger partial charge in [0.1, 0.15) is 5.82 Å². The number of piperidine rings is 1. The Labute approximate surface area is 140 Å². The molecule has 0 bridgehead atoms. The molecule has 0 radical (unpaired) electrons. The zero-order chi connectivity index (χ0) is 16.4. The highest BCUT2D eigenvalue weighted by molar-refractivity contribution is 7.99. The second-order valence-corrected chi connectivity index (χ2v) is 7.55. The van der Waals surface area contributed by atoms with Crippen molar-refractivity contribution in [3.05, 3.63) is 30.1 Å². The van der Waals surface area contributed by atoms with Crippen LogP contribution >= 0.6 is 11.8 Å². The molecule has 2 heterocycles. The summed E-state index contributed by atoms with van der Waals surface area (Å²) in [5.41, 5.74) is -0.155. The molecule has 6 heteroatoms. The SMILES string of the molecule is CN(C(=O)C1(O)CCSC1)C1CCN(c2ccc(F)cc2)CC1. The normalized spacial score (nSPS) is 25.6. The molecular formula is C17H23FN2O2S. The number of nitrogens with zero attached hydrogens (tertiary/aromatic N) is 2. The summed E-state index contributed by atoms with van der Waals surface area (Å²) in [5.74, 6) is 0.989. The highest BCUT2D eigenvalue weighted by Gasteiger charge is 2.43. The van der Waals surface area contributed by atoms with Crippen LogP contribution in [0.25, 0.3) is 0 Å². The molecule has 0 saturated carbocycles. The van der Waals surface area contributed by atoms with Crippen molar-refractivity contribution in [1.29, 1.82) is 0 Å². The minimum Gasteiger partial charge on any atom is -0.379 e. The van der Waals surface area contributed by atoms with E-state index >= 15 is 0 Å². The fraction of sp³-hybridized carbons (Fsp3) is 0.588. The monoisotopic (exact) mass is 338 g/mol. The van der Waals surface area contributed by atoms with E-state index in [0.29, 0.717) is 12.2 Å². The number of likely N-dealkylation sites (N-methyl/N-ethyl adjacent to an activating group) is 1. The number of aliphatic hydroxyl groups is 1. The molecule has 2 saturated heterocycles. The number of benzene rings is 1. The smallest absolute Gasteiger partial charge is 0.255 e. The van der Waals surface area contributed by atoms with Crippen LogP contribution in [0.5, 0.6) is 0 Å². The van der Waals surface area contributed by atoms with Crippen molar-refractivity contribution in [3.8, 4) is 0 Å². The van der Waals surface area contributed by atoms with Crippen molar-refractivity contribution >= 4 is 23.4 Å². The average Bonchev–Trinajstić information content (AvgIpc) is 3.02. The number of anilines is 1. The lowest BCUT2D eigenvalue weighted by Gasteiger charge is -2.39. The molecule has 0 spiro atoms. The predicted molar refractivity (Wildman–Crippen MR) is 91.3 cm³/mol. The lowest BCUT2D eigenvalue weighted by molar-refractivity contribution is -0.149. The lowest BCUT2D eigenvalue weighted by atomic mass is 9.97. The largest absolute Gasteiger partial charge is 0.379 e. The molecule has 1 N–H and O–H groups in total. The summed E-state index contributed by atoms with van der Waals surface area (Å²) in [4.78, 5) is 16.5. The number of amides is 1. The third-order valence-corrected chi connectivity index (χ3v) is 6.10. The van der Waals surface area contributed by atoms with Crippen molar-refractivity contribution < 1.29 is 14.3 Å². The van der Waals surface area contributed by atoms with Gasteiger partial charge in [-0.3, -0.25) is 4.79 Å². The van der Waals surface area contributed by atoms with Crippen molar-refractivity contribution in [1.82, 2.24) is 4.90 Å². The minimum absolute atomic E-state index is 0.136. The van der Waals surface area contributed by atoms with Crippen molar-refractivity contribution in [2.45, 2.75) is 30.9 Å². The number of rotatable bonds is 3. The van der Waals surface area contributed by atoms with E-state index in [4.69, 9.17) is 0 Å². The molecule has 23 heavy (non-hydrogen) atoms. The summed E-state index contributed by atoms with van der Waals surface area (Å²) in [6.45, 7) is 1.67. The zero-order valence-corrected chi connectivity index (χ0v) is 14.2. The Bertz CT molecular complexity index is 552. The molecular weight excluding hydrogens is 315 g/mol. The molecule has 126 valence electrons. The van der Waals surface area contributed by atoms with Gasteiger partial charge >= 0.3 is 0 Å². The first kappa shape index (κ1) is 16.6. The summed E-state index contributed by atoms with van der Waals surface area (Å²) >= 11 is 1.64. The van der Waals surface area contributed by atoms with Crippen LogP contribution in [-0.4, -0.2) is 59.2 Å². The van der Waals surface area contributed by atoms with E-state index in [0.717, 1.165) is 37.4 Å². The van der Waals surface area contributed by atoms with Gasteiger partial charge in [-0.15, -0.1) is 0 Å². The molecule has 3 rings (SSSR count).